The van der Waals surface area contributed by atoms with Gasteiger partial charge in [-0.1, -0.05) is 12.8 Å². The highest BCUT2D eigenvalue weighted by atomic mass is 19.4. The second-order valence-electron chi connectivity index (χ2n) is 4.87. The molecule has 0 aliphatic carbocycles. The Kier molecular flexibility index (Phi) is 6.28. The molecule has 9 heteroatoms. The lowest BCUT2D eigenvalue weighted by Crippen LogP contribution is -2.50. The Balaban J connectivity index is 2.87. The van der Waals surface area contributed by atoms with Crippen molar-refractivity contribution in [2.45, 2.75) is 25.6 Å². The minimum Gasteiger partial charge on any atom is -0.368 e. The topological polar surface area (TPSA) is 72.2 Å². The van der Waals surface area contributed by atoms with Crippen LogP contribution in [-0.2, 0) is 4.79 Å². The Bertz CT molecular complexity index is 659. The average Bonchev–Trinajstić information content (AvgIpc) is 2.49. The van der Waals surface area contributed by atoms with Gasteiger partial charge in [0, 0.05) is 23.0 Å². The Morgan fingerprint density at radius 1 is 1.17 bits per heavy atom. The summed E-state index contributed by atoms with van der Waals surface area (Å²) in [7, 11) is 0. The summed E-state index contributed by atoms with van der Waals surface area (Å²) < 4.78 is 61.2. The van der Waals surface area contributed by atoms with Gasteiger partial charge in [-0.25, -0.2) is 8.78 Å². The third-order valence-corrected chi connectivity index (χ3v) is 3.01. The lowest BCUT2D eigenvalue weighted by Gasteiger charge is -2.21. The van der Waals surface area contributed by atoms with Crippen molar-refractivity contribution >= 4 is 11.8 Å². The van der Waals surface area contributed by atoms with E-state index in [1.54, 1.807) is 0 Å². The van der Waals surface area contributed by atoms with Gasteiger partial charge in [0.25, 0.3) is 5.91 Å². The average molecular weight is 348 g/mol. The number of primary amides is 1. The first-order valence-corrected chi connectivity index (χ1v) is 6.59. The molecule has 24 heavy (non-hydrogen) atoms. The van der Waals surface area contributed by atoms with Crippen LogP contribution >= 0.6 is 0 Å². The molecule has 2 amide bonds. The number of hydrogen-bond donors (Lipinski definition) is 2. The van der Waals surface area contributed by atoms with Crippen LogP contribution in [0.3, 0.4) is 0 Å². The van der Waals surface area contributed by atoms with Gasteiger partial charge in [-0.05, 0) is 24.3 Å². The number of nitrogens with one attached hydrogen (secondary N) is 1. The minimum atomic E-state index is -4.64. The highest BCUT2D eigenvalue weighted by Gasteiger charge is 2.31. The van der Waals surface area contributed by atoms with Crippen LogP contribution < -0.4 is 11.1 Å². The number of benzene rings is 1. The molecule has 0 heterocycles. The molecule has 0 saturated heterocycles. The zero-order valence-electron chi connectivity index (χ0n) is 12.3. The quantitative estimate of drug-likeness (QED) is 0.632. The summed E-state index contributed by atoms with van der Waals surface area (Å²) >= 11 is 0. The molecular weight excluding hydrogens is 335 g/mol. The van der Waals surface area contributed by atoms with E-state index >= 15 is 0 Å². The molecular formula is C15H13F5N2O2. The second-order valence-corrected chi connectivity index (χ2v) is 4.87. The summed E-state index contributed by atoms with van der Waals surface area (Å²) in [4.78, 5) is 23.1. The van der Waals surface area contributed by atoms with Crippen LogP contribution in [-0.4, -0.2) is 30.5 Å². The highest BCUT2D eigenvalue weighted by molar-refractivity contribution is 5.97. The van der Waals surface area contributed by atoms with Gasteiger partial charge in [0.05, 0.1) is 0 Å². The van der Waals surface area contributed by atoms with E-state index in [4.69, 9.17) is 5.73 Å². The molecule has 0 aromatic heterocycles. The number of halogens is 5. The van der Waals surface area contributed by atoms with Gasteiger partial charge in [0.1, 0.15) is 6.04 Å². The molecule has 130 valence electrons. The standard InChI is InChI=1S/C15H13F5N2O2/c1-8(12(16)17)11(13(21)23)22-14(24)10-4-2-9(3-5-10)6-7-15(18,19)20/h2-5,8,11-12H,1H3,(H2,21,23)(H,22,24). The third-order valence-electron chi connectivity index (χ3n) is 3.01. The summed E-state index contributed by atoms with van der Waals surface area (Å²) in [5, 5.41) is 2.08. The molecule has 1 rings (SSSR count). The predicted octanol–water partition coefficient (Wildman–Crippen LogP) is 2.09. The van der Waals surface area contributed by atoms with Crippen LogP contribution in [0.15, 0.2) is 24.3 Å². The first kappa shape index (κ1) is 19.4. The molecule has 0 aliphatic heterocycles. The summed E-state index contributed by atoms with van der Waals surface area (Å²) in [6.07, 6.45) is -7.52. The van der Waals surface area contributed by atoms with Crippen molar-refractivity contribution in [3.8, 4) is 11.8 Å². The van der Waals surface area contributed by atoms with Crippen molar-refractivity contribution in [1.82, 2.24) is 5.32 Å². The molecule has 0 spiro atoms. The fourth-order valence-electron chi connectivity index (χ4n) is 1.68. The fourth-order valence-corrected chi connectivity index (χ4v) is 1.68. The number of rotatable bonds is 5. The fraction of sp³-hybridized carbons (Fsp3) is 0.333. The van der Waals surface area contributed by atoms with Crippen LogP contribution in [0, 0.1) is 17.8 Å². The van der Waals surface area contributed by atoms with E-state index in [-0.39, 0.29) is 11.1 Å². The van der Waals surface area contributed by atoms with Crippen LogP contribution in [0.1, 0.15) is 22.8 Å². The van der Waals surface area contributed by atoms with E-state index in [2.05, 4.69) is 5.32 Å². The molecule has 0 radical (unpaired) electrons. The zero-order chi connectivity index (χ0) is 18.5. The van der Waals surface area contributed by atoms with Crippen molar-refractivity contribution in [2.24, 2.45) is 11.7 Å². The number of alkyl halides is 5. The lowest BCUT2D eigenvalue weighted by atomic mass is 10.0. The van der Waals surface area contributed by atoms with E-state index < -0.39 is 36.4 Å². The Morgan fingerprint density at radius 2 is 1.71 bits per heavy atom. The van der Waals surface area contributed by atoms with Crippen molar-refractivity contribution in [1.29, 1.82) is 0 Å². The molecule has 4 nitrogen and oxygen atoms in total. The van der Waals surface area contributed by atoms with Crippen molar-refractivity contribution in [3.05, 3.63) is 35.4 Å². The van der Waals surface area contributed by atoms with Crippen LogP contribution in [0.5, 0.6) is 0 Å². The maximum absolute atomic E-state index is 12.7. The summed E-state index contributed by atoms with van der Waals surface area (Å²) in [6, 6.07) is 3.04. The molecule has 2 unspecified atom stereocenters. The van der Waals surface area contributed by atoms with Crippen LogP contribution in [0.25, 0.3) is 0 Å². The second kappa shape index (κ2) is 7.77. The lowest BCUT2D eigenvalue weighted by molar-refractivity contribution is -0.122. The van der Waals surface area contributed by atoms with E-state index in [1.165, 1.54) is 0 Å². The maximum Gasteiger partial charge on any atom is 0.458 e. The van der Waals surface area contributed by atoms with Crippen molar-refractivity contribution in [2.75, 3.05) is 0 Å². The molecule has 0 fully saturated rings. The van der Waals surface area contributed by atoms with Crippen molar-refractivity contribution in [3.63, 3.8) is 0 Å². The van der Waals surface area contributed by atoms with E-state index in [1.807, 2.05) is 5.92 Å². The Labute approximate surface area is 134 Å². The van der Waals surface area contributed by atoms with Gasteiger partial charge in [-0.3, -0.25) is 9.59 Å². The Morgan fingerprint density at radius 3 is 2.12 bits per heavy atom. The third kappa shape index (κ3) is 5.87. The first-order valence-electron chi connectivity index (χ1n) is 6.59. The van der Waals surface area contributed by atoms with Crippen LogP contribution in [0.4, 0.5) is 22.0 Å². The van der Waals surface area contributed by atoms with E-state index in [0.717, 1.165) is 37.1 Å². The van der Waals surface area contributed by atoms with Gasteiger partial charge < -0.3 is 11.1 Å². The van der Waals surface area contributed by atoms with Crippen LogP contribution in [0.2, 0.25) is 0 Å². The molecule has 1 aromatic carbocycles. The molecule has 0 saturated carbocycles. The van der Waals surface area contributed by atoms with Gasteiger partial charge >= 0.3 is 6.18 Å². The van der Waals surface area contributed by atoms with Gasteiger partial charge in [-0.15, -0.1) is 0 Å². The largest absolute Gasteiger partial charge is 0.458 e. The smallest absolute Gasteiger partial charge is 0.368 e. The number of hydrogen-bond acceptors (Lipinski definition) is 2. The van der Waals surface area contributed by atoms with Gasteiger partial charge in [0.2, 0.25) is 12.3 Å². The number of nitrogens with two attached hydrogens (primary N) is 1. The first-order chi connectivity index (χ1) is 11.0. The number of amides is 2. The van der Waals surface area contributed by atoms with Gasteiger partial charge in [0.15, 0.2) is 0 Å². The predicted molar refractivity (Wildman–Crippen MR) is 75.0 cm³/mol. The summed E-state index contributed by atoms with van der Waals surface area (Å²) in [5.74, 6) is -0.549. The molecule has 2 atom stereocenters. The monoisotopic (exact) mass is 348 g/mol. The number of carbonyl (C=O) groups excluding carboxylic acids is 2. The molecule has 3 N–H and O–H groups in total. The van der Waals surface area contributed by atoms with E-state index in [9.17, 15) is 31.5 Å². The maximum atomic E-state index is 12.7. The molecule has 0 aliphatic rings. The van der Waals surface area contributed by atoms with Gasteiger partial charge in [-0.2, -0.15) is 13.2 Å². The normalized spacial score (nSPS) is 13.6. The molecule has 0 bridgehead atoms. The Hall–Kier alpha value is -2.63. The summed E-state index contributed by atoms with van der Waals surface area (Å²) in [5.41, 5.74) is 4.96. The number of carbonyl (C=O) groups is 2. The van der Waals surface area contributed by atoms with E-state index in [0.29, 0.717) is 0 Å². The zero-order valence-corrected chi connectivity index (χ0v) is 12.3. The molecule has 1 aromatic rings. The highest BCUT2D eigenvalue weighted by Crippen LogP contribution is 2.15. The SMILES string of the molecule is CC(C(F)F)C(NC(=O)c1ccc(C#CC(F)(F)F)cc1)C(N)=O. The van der Waals surface area contributed by atoms with Crippen molar-refractivity contribution < 1.29 is 31.5 Å². The summed E-state index contributed by atoms with van der Waals surface area (Å²) in [6.45, 7) is 1.05. The minimum absolute atomic E-state index is 0.0104.